The molecule has 0 aliphatic rings. The monoisotopic (exact) mass is 222 g/mol. The van der Waals surface area contributed by atoms with Crippen LogP contribution in [0.3, 0.4) is 0 Å². The highest BCUT2D eigenvalue weighted by Gasteiger charge is 2.16. The molecule has 0 bridgehead atoms. The van der Waals surface area contributed by atoms with E-state index in [1.54, 1.807) is 0 Å². The van der Waals surface area contributed by atoms with Gasteiger partial charge >= 0.3 is 5.97 Å². The Labute approximate surface area is 96.1 Å². The lowest BCUT2D eigenvalue weighted by molar-refractivity contribution is -0.143. The summed E-state index contributed by atoms with van der Waals surface area (Å²) in [4.78, 5) is 10.9. The molecule has 0 fully saturated rings. The van der Waals surface area contributed by atoms with Gasteiger partial charge in [-0.2, -0.15) is 0 Å². The van der Waals surface area contributed by atoms with Gasteiger partial charge in [-0.05, 0) is 25.5 Å². The Bertz CT molecular complexity index is 330. The minimum atomic E-state index is -0.783. The number of carboxylic acids is 1. The van der Waals surface area contributed by atoms with Gasteiger partial charge in [-0.25, -0.2) is 0 Å². The van der Waals surface area contributed by atoms with Crippen molar-refractivity contribution in [1.29, 1.82) is 0 Å². The normalized spacial score (nSPS) is 12.1. The van der Waals surface area contributed by atoms with Crippen LogP contribution >= 0.6 is 0 Å². The van der Waals surface area contributed by atoms with E-state index in [4.69, 9.17) is 9.84 Å². The Morgan fingerprint density at radius 1 is 1.38 bits per heavy atom. The van der Waals surface area contributed by atoms with Crippen LogP contribution in [0.4, 0.5) is 0 Å². The maximum absolute atomic E-state index is 10.9. The topological polar surface area (TPSA) is 46.5 Å². The summed E-state index contributed by atoms with van der Waals surface area (Å²) in [6.07, 6.45) is 1.51. The largest absolute Gasteiger partial charge is 0.493 e. The number of aliphatic carboxylic acids is 1. The van der Waals surface area contributed by atoms with Gasteiger partial charge in [-0.3, -0.25) is 4.79 Å². The van der Waals surface area contributed by atoms with Gasteiger partial charge in [-0.15, -0.1) is 0 Å². The van der Waals surface area contributed by atoms with Crippen LogP contribution in [0.2, 0.25) is 0 Å². The lowest BCUT2D eigenvalue weighted by Crippen LogP contribution is -2.21. The van der Waals surface area contributed by atoms with Crippen LogP contribution in [-0.2, 0) is 4.79 Å². The van der Waals surface area contributed by atoms with Crippen molar-refractivity contribution >= 4 is 5.97 Å². The zero-order valence-corrected chi connectivity index (χ0v) is 9.77. The quantitative estimate of drug-likeness (QED) is 0.805. The molecule has 0 saturated heterocycles. The van der Waals surface area contributed by atoms with Crippen LogP contribution in [0.5, 0.6) is 5.75 Å². The van der Waals surface area contributed by atoms with Gasteiger partial charge in [-0.1, -0.05) is 31.0 Å². The molecule has 0 spiro atoms. The lowest BCUT2D eigenvalue weighted by Gasteiger charge is -2.12. The summed E-state index contributed by atoms with van der Waals surface area (Å²) in [7, 11) is 0. The Kier molecular flexibility index (Phi) is 4.83. The van der Waals surface area contributed by atoms with Gasteiger partial charge in [0.2, 0.25) is 0 Å². The molecule has 0 aliphatic carbocycles. The van der Waals surface area contributed by atoms with E-state index in [9.17, 15) is 4.79 Å². The van der Waals surface area contributed by atoms with E-state index >= 15 is 0 Å². The number of benzene rings is 1. The molecular formula is C13H18O3. The highest BCUT2D eigenvalue weighted by Crippen LogP contribution is 2.14. The molecule has 0 amide bonds. The van der Waals surface area contributed by atoms with E-state index in [0.29, 0.717) is 6.42 Å². The first kappa shape index (κ1) is 12.6. The molecule has 0 heterocycles. The van der Waals surface area contributed by atoms with Crippen molar-refractivity contribution in [2.45, 2.75) is 26.7 Å². The van der Waals surface area contributed by atoms with Crippen molar-refractivity contribution in [2.24, 2.45) is 5.92 Å². The van der Waals surface area contributed by atoms with Crippen LogP contribution in [0.25, 0.3) is 0 Å². The summed E-state index contributed by atoms with van der Waals surface area (Å²) in [5.74, 6) is -0.465. The molecule has 0 aliphatic heterocycles. The third-order valence-corrected chi connectivity index (χ3v) is 2.46. The van der Waals surface area contributed by atoms with Crippen molar-refractivity contribution in [3.63, 3.8) is 0 Å². The van der Waals surface area contributed by atoms with Crippen molar-refractivity contribution in [3.8, 4) is 5.75 Å². The Hall–Kier alpha value is -1.51. The first-order valence-corrected chi connectivity index (χ1v) is 5.55. The first-order valence-electron chi connectivity index (χ1n) is 5.55. The highest BCUT2D eigenvalue weighted by molar-refractivity contribution is 5.70. The maximum Gasteiger partial charge on any atom is 0.309 e. The fourth-order valence-corrected chi connectivity index (χ4v) is 1.46. The molecule has 1 atom stereocenters. The predicted molar refractivity (Wildman–Crippen MR) is 62.7 cm³/mol. The Balaban J connectivity index is 2.48. The van der Waals surface area contributed by atoms with Crippen LogP contribution in [-0.4, -0.2) is 17.7 Å². The molecule has 1 unspecified atom stereocenters. The van der Waals surface area contributed by atoms with Gasteiger partial charge in [0, 0.05) is 0 Å². The summed E-state index contributed by atoms with van der Waals surface area (Å²) in [5, 5.41) is 8.95. The van der Waals surface area contributed by atoms with E-state index in [1.807, 2.05) is 38.1 Å². The van der Waals surface area contributed by atoms with E-state index in [1.165, 1.54) is 0 Å². The van der Waals surface area contributed by atoms with Crippen molar-refractivity contribution in [2.75, 3.05) is 6.61 Å². The SMILES string of the molecule is CCCC(COc1ccc(C)cc1)C(=O)O. The average Bonchev–Trinajstić information content (AvgIpc) is 2.26. The molecule has 0 saturated carbocycles. The van der Waals surface area contributed by atoms with Crippen LogP contribution in [0.1, 0.15) is 25.3 Å². The minimum absolute atomic E-state index is 0.242. The highest BCUT2D eigenvalue weighted by atomic mass is 16.5. The fraction of sp³-hybridized carbons (Fsp3) is 0.462. The number of carbonyl (C=O) groups is 1. The van der Waals surface area contributed by atoms with E-state index in [-0.39, 0.29) is 6.61 Å². The van der Waals surface area contributed by atoms with Gasteiger partial charge in [0.05, 0.1) is 5.92 Å². The number of aryl methyl sites for hydroxylation is 1. The molecule has 0 aromatic heterocycles. The van der Waals surface area contributed by atoms with Crippen LogP contribution in [0.15, 0.2) is 24.3 Å². The third kappa shape index (κ3) is 3.93. The molecule has 0 radical (unpaired) electrons. The molecule has 3 nitrogen and oxygen atoms in total. The zero-order chi connectivity index (χ0) is 12.0. The van der Waals surface area contributed by atoms with Crippen molar-refractivity contribution in [1.82, 2.24) is 0 Å². The van der Waals surface area contributed by atoms with Gasteiger partial charge in [0.1, 0.15) is 12.4 Å². The third-order valence-electron chi connectivity index (χ3n) is 2.46. The second-order valence-corrected chi connectivity index (χ2v) is 3.95. The van der Waals surface area contributed by atoms with Gasteiger partial charge in [0.15, 0.2) is 0 Å². The number of hydrogen-bond acceptors (Lipinski definition) is 2. The van der Waals surface area contributed by atoms with Crippen molar-refractivity contribution in [3.05, 3.63) is 29.8 Å². The van der Waals surface area contributed by atoms with Gasteiger partial charge in [0.25, 0.3) is 0 Å². The molecular weight excluding hydrogens is 204 g/mol. The maximum atomic E-state index is 10.9. The summed E-state index contributed by atoms with van der Waals surface area (Å²) >= 11 is 0. The summed E-state index contributed by atoms with van der Waals surface area (Å²) < 4.78 is 5.46. The minimum Gasteiger partial charge on any atom is -0.493 e. The predicted octanol–water partition coefficient (Wildman–Crippen LogP) is 2.87. The van der Waals surface area contributed by atoms with Crippen molar-refractivity contribution < 1.29 is 14.6 Å². The van der Waals surface area contributed by atoms with E-state index < -0.39 is 11.9 Å². The first-order chi connectivity index (χ1) is 7.63. The summed E-state index contributed by atoms with van der Waals surface area (Å²) in [6.45, 7) is 4.22. The molecule has 16 heavy (non-hydrogen) atoms. The molecule has 1 aromatic carbocycles. The van der Waals surface area contributed by atoms with E-state index in [2.05, 4.69) is 0 Å². The Morgan fingerprint density at radius 2 is 2.00 bits per heavy atom. The zero-order valence-electron chi connectivity index (χ0n) is 9.77. The fourth-order valence-electron chi connectivity index (χ4n) is 1.46. The number of ether oxygens (including phenoxy) is 1. The lowest BCUT2D eigenvalue weighted by atomic mass is 10.1. The number of hydrogen-bond donors (Lipinski definition) is 1. The number of rotatable bonds is 6. The molecule has 1 N–H and O–H groups in total. The summed E-state index contributed by atoms with van der Waals surface area (Å²) in [6, 6.07) is 7.62. The standard InChI is InChI=1S/C13H18O3/c1-3-4-11(13(14)15)9-16-12-7-5-10(2)6-8-12/h5-8,11H,3-4,9H2,1-2H3,(H,14,15). The molecule has 3 heteroatoms. The smallest absolute Gasteiger partial charge is 0.309 e. The Morgan fingerprint density at radius 3 is 2.50 bits per heavy atom. The molecule has 88 valence electrons. The summed E-state index contributed by atoms with van der Waals surface area (Å²) in [5.41, 5.74) is 1.16. The van der Waals surface area contributed by atoms with Gasteiger partial charge < -0.3 is 9.84 Å². The second kappa shape index (κ2) is 6.16. The van der Waals surface area contributed by atoms with Crippen LogP contribution in [0, 0.1) is 12.8 Å². The average molecular weight is 222 g/mol. The molecule has 1 aromatic rings. The molecule has 1 rings (SSSR count). The second-order valence-electron chi connectivity index (χ2n) is 3.95. The van der Waals surface area contributed by atoms with Crippen LogP contribution < -0.4 is 4.74 Å². The number of carboxylic acid groups (broad SMARTS) is 1. The van der Waals surface area contributed by atoms with E-state index in [0.717, 1.165) is 17.7 Å².